The first-order chi connectivity index (χ1) is 13.9. The third-order valence-corrected chi connectivity index (χ3v) is 5.39. The third-order valence-electron chi connectivity index (χ3n) is 4.54. The van der Waals surface area contributed by atoms with Crippen LogP contribution in [-0.4, -0.2) is 39.5 Å². The van der Waals surface area contributed by atoms with E-state index in [1.165, 1.54) is 9.47 Å². The van der Waals surface area contributed by atoms with Gasteiger partial charge in [0.1, 0.15) is 18.1 Å². The molecule has 0 fully saturated rings. The maximum Gasteiger partial charge on any atom is 0.420 e. The number of benzene rings is 2. The Morgan fingerprint density at radius 3 is 2.87 bits per heavy atom. The summed E-state index contributed by atoms with van der Waals surface area (Å²) in [6, 6.07) is 8.50. The first-order valence-corrected chi connectivity index (χ1v) is 9.78. The number of amides is 1. The Balaban J connectivity index is 0.00000256. The number of aromatic nitrogens is 3. The van der Waals surface area contributed by atoms with Crippen LogP contribution in [0.1, 0.15) is 5.82 Å². The molecule has 0 saturated heterocycles. The minimum atomic E-state index is -0.607. The molecule has 2 aromatic heterocycles. The van der Waals surface area contributed by atoms with E-state index in [2.05, 4.69) is 25.9 Å². The number of fused-ring (bicyclic) bond motifs is 2. The molecule has 0 saturated carbocycles. The minimum absolute atomic E-state index is 0. The number of rotatable bonds is 5. The number of aromatic amines is 1. The zero-order valence-corrected chi connectivity index (χ0v) is 19.1. The third kappa shape index (κ3) is 4.19. The van der Waals surface area contributed by atoms with E-state index in [9.17, 15) is 9.59 Å². The predicted molar refractivity (Wildman–Crippen MR) is 120 cm³/mol. The van der Waals surface area contributed by atoms with Crippen molar-refractivity contribution in [3.05, 3.63) is 56.2 Å². The summed E-state index contributed by atoms with van der Waals surface area (Å²) in [5.41, 5.74) is 2.41. The maximum absolute atomic E-state index is 12.7. The van der Waals surface area contributed by atoms with E-state index in [4.69, 9.17) is 20.8 Å². The van der Waals surface area contributed by atoms with Gasteiger partial charge in [0, 0.05) is 18.1 Å². The fraction of sp³-hybridized carbons (Fsp3) is 0.211. The lowest BCUT2D eigenvalue weighted by atomic mass is 10.3. The first kappa shape index (κ1) is 22.2. The number of carbonyl (C=O) groups excluding carboxylic acids is 1. The highest BCUT2D eigenvalue weighted by molar-refractivity contribution is 9.10. The SMILES string of the molecule is COc1cc2nc(CN(C)C(=O)Cn3c(=O)oc4ccc(Cl)cc43)[nH]c2cc1Br.Cl. The van der Waals surface area contributed by atoms with Crippen LogP contribution < -0.4 is 10.5 Å². The van der Waals surface area contributed by atoms with Gasteiger partial charge < -0.3 is 19.0 Å². The Morgan fingerprint density at radius 2 is 2.13 bits per heavy atom. The molecule has 4 rings (SSSR count). The number of hydrogen-bond acceptors (Lipinski definition) is 5. The summed E-state index contributed by atoms with van der Waals surface area (Å²) >= 11 is 9.44. The predicted octanol–water partition coefficient (Wildman–Crippen LogP) is 3.98. The van der Waals surface area contributed by atoms with E-state index < -0.39 is 5.76 Å². The second-order valence-electron chi connectivity index (χ2n) is 6.50. The summed E-state index contributed by atoms with van der Waals surface area (Å²) in [5, 5.41) is 0.455. The van der Waals surface area contributed by atoms with Gasteiger partial charge in [0.05, 0.1) is 34.7 Å². The fourth-order valence-corrected chi connectivity index (χ4v) is 3.72. The lowest BCUT2D eigenvalue weighted by molar-refractivity contribution is -0.131. The number of oxazole rings is 1. The van der Waals surface area contributed by atoms with E-state index in [1.807, 2.05) is 12.1 Å². The van der Waals surface area contributed by atoms with Crippen LogP contribution in [0.3, 0.4) is 0 Å². The lowest BCUT2D eigenvalue weighted by Crippen LogP contribution is -2.32. The van der Waals surface area contributed by atoms with Crippen molar-refractivity contribution in [2.75, 3.05) is 14.2 Å². The molecule has 8 nitrogen and oxygen atoms in total. The summed E-state index contributed by atoms with van der Waals surface area (Å²) in [6.45, 7) is 0.0843. The molecule has 11 heteroatoms. The fourth-order valence-electron chi connectivity index (χ4n) is 3.05. The molecule has 0 aliphatic heterocycles. The molecule has 4 aromatic rings. The van der Waals surface area contributed by atoms with Gasteiger partial charge in [-0.05, 0) is 40.2 Å². The van der Waals surface area contributed by atoms with Crippen LogP contribution in [0.4, 0.5) is 0 Å². The number of H-pyrrole nitrogens is 1. The lowest BCUT2D eigenvalue weighted by Gasteiger charge is -2.15. The van der Waals surface area contributed by atoms with Crippen molar-refractivity contribution in [3.63, 3.8) is 0 Å². The second-order valence-corrected chi connectivity index (χ2v) is 7.79. The van der Waals surface area contributed by atoms with Gasteiger partial charge in [-0.2, -0.15) is 0 Å². The van der Waals surface area contributed by atoms with Crippen molar-refractivity contribution < 1.29 is 13.9 Å². The van der Waals surface area contributed by atoms with Gasteiger partial charge >= 0.3 is 5.76 Å². The monoisotopic (exact) mass is 514 g/mol. The molecular weight excluding hydrogens is 499 g/mol. The van der Waals surface area contributed by atoms with Gasteiger partial charge in [-0.15, -0.1) is 12.4 Å². The van der Waals surface area contributed by atoms with Crippen LogP contribution in [0.25, 0.3) is 22.1 Å². The van der Waals surface area contributed by atoms with Crippen molar-refractivity contribution >= 4 is 68.0 Å². The van der Waals surface area contributed by atoms with Gasteiger partial charge in [0.2, 0.25) is 5.91 Å². The minimum Gasteiger partial charge on any atom is -0.495 e. The van der Waals surface area contributed by atoms with Gasteiger partial charge in [-0.1, -0.05) is 11.6 Å². The highest BCUT2D eigenvalue weighted by Gasteiger charge is 2.17. The summed E-state index contributed by atoms with van der Waals surface area (Å²) in [7, 11) is 3.23. The van der Waals surface area contributed by atoms with Crippen LogP contribution in [0.2, 0.25) is 5.02 Å². The van der Waals surface area contributed by atoms with Crippen LogP contribution in [0.5, 0.6) is 5.75 Å². The van der Waals surface area contributed by atoms with Crippen molar-refractivity contribution in [1.82, 2.24) is 19.4 Å². The van der Waals surface area contributed by atoms with Crippen LogP contribution in [0.15, 0.2) is 44.0 Å². The molecular formula is C19H17BrCl2N4O4. The average Bonchev–Trinajstić information content (AvgIpc) is 3.20. The van der Waals surface area contributed by atoms with Crippen LogP contribution in [0, 0.1) is 0 Å². The Bertz CT molecular complexity index is 1300. The molecule has 0 atom stereocenters. The molecule has 0 bridgehead atoms. The molecule has 30 heavy (non-hydrogen) atoms. The zero-order chi connectivity index (χ0) is 20.7. The summed E-state index contributed by atoms with van der Waals surface area (Å²) in [6.07, 6.45) is 0. The van der Waals surface area contributed by atoms with Gasteiger partial charge in [-0.25, -0.2) is 9.78 Å². The number of nitrogens with one attached hydrogen (secondary N) is 1. The van der Waals surface area contributed by atoms with Crippen molar-refractivity contribution in [1.29, 1.82) is 0 Å². The van der Waals surface area contributed by atoms with E-state index >= 15 is 0 Å². The smallest absolute Gasteiger partial charge is 0.420 e. The van der Waals surface area contributed by atoms with E-state index in [0.29, 0.717) is 27.7 Å². The normalized spacial score (nSPS) is 10.9. The van der Waals surface area contributed by atoms with Gasteiger partial charge in [0.25, 0.3) is 0 Å². The number of hydrogen-bond donors (Lipinski definition) is 1. The molecule has 0 radical (unpaired) electrons. The van der Waals surface area contributed by atoms with Gasteiger partial charge in [0.15, 0.2) is 5.58 Å². The molecule has 0 unspecified atom stereocenters. The molecule has 2 aromatic carbocycles. The largest absolute Gasteiger partial charge is 0.495 e. The quantitative estimate of drug-likeness (QED) is 0.434. The highest BCUT2D eigenvalue weighted by Crippen LogP contribution is 2.29. The second kappa shape index (κ2) is 8.71. The Hall–Kier alpha value is -2.49. The number of ether oxygens (including phenoxy) is 1. The molecule has 158 valence electrons. The number of nitrogens with zero attached hydrogens (tertiary/aromatic N) is 3. The standard InChI is InChI=1S/C19H16BrClN4O4.ClH/c1-24(8-17-22-12-6-11(20)16(28-2)7-13(12)23-17)18(26)9-25-14-5-10(21)3-4-15(14)29-19(25)27;/h3-7H,8-9H2,1-2H3,(H,22,23);1H. The summed E-state index contributed by atoms with van der Waals surface area (Å²) in [5.74, 6) is 0.409. The van der Waals surface area contributed by atoms with Crippen molar-refractivity contribution in [2.24, 2.45) is 0 Å². The maximum atomic E-state index is 12.7. The molecule has 0 spiro atoms. The first-order valence-electron chi connectivity index (χ1n) is 8.60. The zero-order valence-electron chi connectivity index (χ0n) is 15.9. The molecule has 0 aliphatic carbocycles. The number of imidazole rings is 1. The van der Waals surface area contributed by atoms with E-state index in [1.54, 1.807) is 32.4 Å². The average molecular weight is 516 g/mol. The van der Waals surface area contributed by atoms with Gasteiger partial charge in [-0.3, -0.25) is 9.36 Å². The summed E-state index contributed by atoms with van der Waals surface area (Å²) in [4.78, 5) is 34.0. The van der Waals surface area contributed by atoms with E-state index in [0.717, 1.165) is 15.5 Å². The molecule has 1 N–H and O–H groups in total. The number of halogens is 3. The molecule has 1 amide bonds. The number of methoxy groups -OCH3 is 1. The Kier molecular flexibility index (Phi) is 6.44. The number of likely N-dealkylation sites (N-methyl/N-ethyl adjacent to an activating group) is 1. The molecule has 2 heterocycles. The van der Waals surface area contributed by atoms with Crippen LogP contribution in [-0.2, 0) is 17.9 Å². The summed E-state index contributed by atoms with van der Waals surface area (Å²) < 4.78 is 12.5. The Labute approximate surface area is 190 Å². The topological polar surface area (TPSA) is 93.4 Å². The van der Waals surface area contributed by atoms with Crippen molar-refractivity contribution in [3.8, 4) is 5.75 Å². The van der Waals surface area contributed by atoms with E-state index in [-0.39, 0.29) is 31.4 Å². The number of carbonyl (C=O) groups is 1. The van der Waals surface area contributed by atoms with Crippen molar-refractivity contribution in [2.45, 2.75) is 13.1 Å². The highest BCUT2D eigenvalue weighted by atomic mass is 79.9. The molecule has 0 aliphatic rings. The Morgan fingerprint density at radius 1 is 1.37 bits per heavy atom. The van der Waals surface area contributed by atoms with Crippen LogP contribution >= 0.6 is 39.9 Å².